The molecule has 1 aromatic carbocycles. The fourth-order valence-electron chi connectivity index (χ4n) is 1.48. The van der Waals surface area contributed by atoms with Gasteiger partial charge in [-0.25, -0.2) is 4.98 Å². The van der Waals surface area contributed by atoms with Gasteiger partial charge in [-0.15, -0.1) is 0 Å². The lowest BCUT2D eigenvalue weighted by molar-refractivity contribution is 0.535. The van der Waals surface area contributed by atoms with Gasteiger partial charge < -0.3 is 14.6 Å². The molecule has 0 aliphatic heterocycles. The van der Waals surface area contributed by atoms with Crippen molar-refractivity contribution in [3.8, 4) is 11.7 Å². The second-order valence-electron chi connectivity index (χ2n) is 3.19. The Morgan fingerprint density at radius 3 is 2.80 bits per heavy atom. The van der Waals surface area contributed by atoms with Gasteiger partial charge in [0.2, 0.25) is 0 Å². The molecular weight excluding hydrogens is 192 g/mol. The molecule has 2 heterocycles. The van der Waals surface area contributed by atoms with Crippen LogP contribution in [-0.4, -0.2) is 4.98 Å². The van der Waals surface area contributed by atoms with E-state index in [4.69, 9.17) is 14.6 Å². The maximum Gasteiger partial charge on any atom is 0.264 e. The summed E-state index contributed by atoms with van der Waals surface area (Å²) in [6.45, 7) is 0. The number of fused-ring (bicyclic) bond motifs is 1. The third-order valence-corrected chi connectivity index (χ3v) is 2.18. The van der Waals surface area contributed by atoms with Crippen LogP contribution in [0.2, 0.25) is 0 Å². The number of benzene rings is 1. The topological polar surface area (TPSA) is 65.2 Å². The number of anilines is 1. The lowest BCUT2D eigenvalue weighted by atomic mass is 10.3. The highest BCUT2D eigenvalue weighted by Gasteiger charge is 2.11. The van der Waals surface area contributed by atoms with E-state index in [9.17, 15) is 0 Å². The Labute approximate surface area is 85.3 Å². The highest BCUT2D eigenvalue weighted by Crippen LogP contribution is 2.27. The molecule has 0 bridgehead atoms. The minimum atomic E-state index is 0.452. The van der Waals surface area contributed by atoms with Crippen molar-refractivity contribution < 1.29 is 8.83 Å². The fraction of sp³-hybridized carbons (Fsp3) is 0. The first-order valence-corrected chi connectivity index (χ1v) is 4.53. The maximum atomic E-state index is 5.76. The summed E-state index contributed by atoms with van der Waals surface area (Å²) in [4.78, 5) is 4.28. The molecule has 0 radical (unpaired) electrons. The highest BCUT2D eigenvalue weighted by atomic mass is 16.4. The van der Waals surface area contributed by atoms with Crippen molar-refractivity contribution in [3.05, 3.63) is 36.6 Å². The maximum absolute atomic E-state index is 5.76. The molecule has 0 aliphatic carbocycles. The summed E-state index contributed by atoms with van der Waals surface area (Å²) in [5.74, 6) is 1.05. The van der Waals surface area contributed by atoms with Crippen molar-refractivity contribution in [1.29, 1.82) is 0 Å². The van der Waals surface area contributed by atoms with Crippen LogP contribution in [0.1, 0.15) is 0 Å². The predicted molar refractivity (Wildman–Crippen MR) is 56.1 cm³/mol. The van der Waals surface area contributed by atoms with Crippen LogP contribution in [0.5, 0.6) is 0 Å². The predicted octanol–water partition coefficient (Wildman–Crippen LogP) is 2.67. The molecule has 4 heteroatoms. The normalized spacial score (nSPS) is 10.9. The molecule has 0 amide bonds. The van der Waals surface area contributed by atoms with Crippen LogP contribution in [0, 0.1) is 0 Å². The van der Waals surface area contributed by atoms with Gasteiger partial charge in [0.1, 0.15) is 5.52 Å². The molecular formula is C11H8N2O2. The largest absolute Gasteiger partial charge is 0.459 e. The van der Waals surface area contributed by atoms with Gasteiger partial charge in [-0.05, 0) is 24.3 Å². The van der Waals surface area contributed by atoms with E-state index in [-0.39, 0.29) is 0 Å². The van der Waals surface area contributed by atoms with E-state index >= 15 is 0 Å². The molecule has 15 heavy (non-hydrogen) atoms. The SMILES string of the molecule is Nc1cccc2nc(-c3ccco3)oc12. The van der Waals surface area contributed by atoms with E-state index in [1.807, 2.05) is 12.1 Å². The van der Waals surface area contributed by atoms with E-state index in [0.717, 1.165) is 5.52 Å². The number of hydrogen-bond acceptors (Lipinski definition) is 4. The summed E-state index contributed by atoms with van der Waals surface area (Å²) in [6.07, 6.45) is 1.58. The third-order valence-electron chi connectivity index (χ3n) is 2.18. The summed E-state index contributed by atoms with van der Waals surface area (Å²) in [6, 6.07) is 9.04. The van der Waals surface area contributed by atoms with Gasteiger partial charge in [0.25, 0.3) is 5.89 Å². The minimum Gasteiger partial charge on any atom is -0.459 e. The Kier molecular flexibility index (Phi) is 1.56. The first kappa shape index (κ1) is 8.11. The summed E-state index contributed by atoms with van der Waals surface area (Å²) in [5, 5.41) is 0. The lowest BCUT2D eigenvalue weighted by Gasteiger charge is -1.90. The van der Waals surface area contributed by atoms with Gasteiger partial charge in [-0.1, -0.05) is 6.07 Å². The Hall–Kier alpha value is -2.23. The number of oxazole rings is 1. The smallest absolute Gasteiger partial charge is 0.264 e. The van der Waals surface area contributed by atoms with Crippen molar-refractivity contribution >= 4 is 16.8 Å². The number of para-hydroxylation sites is 1. The van der Waals surface area contributed by atoms with Crippen LogP contribution < -0.4 is 5.73 Å². The molecule has 0 saturated carbocycles. The molecule has 3 rings (SSSR count). The standard InChI is InChI=1S/C11H8N2O2/c12-7-3-1-4-8-10(7)15-11(13-8)9-5-2-6-14-9/h1-6H,12H2. The van der Waals surface area contributed by atoms with E-state index in [0.29, 0.717) is 22.9 Å². The number of nitrogens with two attached hydrogens (primary N) is 1. The van der Waals surface area contributed by atoms with Gasteiger partial charge in [-0.2, -0.15) is 0 Å². The number of rotatable bonds is 1. The zero-order valence-electron chi connectivity index (χ0n) is 7.81. The van der Waals surface area contributed by atoms with Crippen molar-refractivity contribution in [2.75, 3.05) is 5.73 Å². The molecule has 2 N–H and O–H groups in total. The molecule has 74 valence electrons. The van der Waals surface area contributed by atoms with Gasteiger partial charge >= 0.3 is 0 Å². The quantitative estimate of drug-likeness (QED) is 0.613. The first-order valence-electron chi connectivity index (χ1n) is 4.53. The minimum absolute atomic E-state index is 0.452. The summed E-state index contributed by atoms with van der Waals surface area (Å²) < 4.78 is 10.7. The third kappa shape index (κ3) is 1.19. The average Bonchev–Trinajstić information content (AvgIpc) is 2.86. The molecule has 0 unspecified atom stereocenters. The molecule has 0 fully saturated rings. The summed E-state index contributed by atoms with van der Waals surface area (Å²) >= 11 is 0. The Bertz CT molecular complexity index is 596. The second kappa shape index (κ2) is 2.88. The molecule has 0 aliphatic rings. The molecule has 0 saturated heterocycles. The lowest BCUT2D eigenvalue weighted by Crippen LogP contribution is -1.82. The summed E-state index contributed by atoms with van der Waals surface area (Å²) in [5.41, 5.74) is 7.68. The van der Waals surface area contributed by atoms with E-state index in [1.54, 1.807) is 24.5 Å². The molecule has 4 nitrogen and oxygen atoms in total. The number of nitrogens with zero attached hydrogens (tertiary/aromatic N) is 1. The molecule has 2 aromatic heterocycles. The zero-order chi connectivity index (χ0) is 10.3. The van der Waals surface area contributed by atoms with Crippen LogP contribution in [0.3, 0.4) is 0 Å². The Balaban J connectivity index is 2.27. The van der Waals surface area contributed by atoms with E-state index in [1.165, 1.54) is 0 Å². The van der Waals surface area contributed by atoms with Crippen molar-refractivity contribution in [1.82, 2.24) is 4.98 Å². The van der Waals surface area contributed by atoms with Crippen LogP contribution >= 0.6 is 0 Å². The zero-order valence-corrected chi connectivity index (χ0v) is 7.81. The number of hydrogen-bond donors (Lipinski definition) is 1. The van der Waals surface area contributed by atoms with Gasteiger partial charge in [0.15, 0.2) is 11.3 Å². The van der Waals surface area contributed by atoms with Gasteiger partial charge in [0, 0.05) is 0 Å². The fourth-order valence-corrected chi connectivity index (χ4v) is 1.48. The monoisotopic (exact) mass is 200 g/mol. The van der Waals surface area contributed by atoms with E-state index in [2.05, 4.69) is 4.98 Å². The van der Waals surface area contributed by atoms with Gasteiger partial charge in [-0.3, -0.25) is 0 Å². The van der Waals surface area contributed by atoms with Crippen LogP contribution in [0.15, 0.2) is 45.4 Å². The number of aromatic nitrogens is 1. The van der Waals surface area contributed by atoms with Crippen LogP contribution in [0.4, 0.5) is 5.69 Å². The second-order valence-corrected chi connectivity index (χ2v) is 3.19. The van der Waals surface area contributed by atoms with Crippen molar-refractivity contribution in [2.24, 2.45) is 0 Å². The van der Waals surface area contributed by atoms with Crippen molar-refractivity contribution in [2.45, 2.75) is 0 Å². The molecule has 0 atom stereocenters. The Morgan fingerprint density at radius 2 is 2.07 bits per heavy atom. The van der Waals surface area contributed by atoms with Crippen molar-refractivity contribution in [3.63, 3.8) is 0 Å². The number of furan rings is 1. The Morgan fingerprint density at radius 1 is 1.13 bits per heavy atom. The van der Waals surface area contributed by atoms with Crippen LogP contribution in [0.25, 0.3) is 22.8 Å². The first-order chi connectivity index (χ1) is 7.34. The van der Waals surface area contributed by atoms with Crippen LogP contribution in [-0.2, 0) is 0 Å². The molecule has 3 aromatic rings. The summed E-state index contributed by atoms with van der Waals surface area (Å²) in [7, 11) is 0. The average molecular weight is 200 g/mol. The van der Waals surface area contributed by atoms with Gasteiger partial charge in [0.05, 0.1) is 12.0 Å². The van der Waals surface area contributed by atoms with E-state index < -0.39 is 0 Å². The molecule has 0 spiro atoms. The highest BCUT2D eigenvalue weighted by molar-refractivity contribution is 5.86. The number of nitrogen functional groups attached to an aromatic ring is 1.